The van der Waals surface area contributed by atoms with Crippen LogP contribution in [0.1, 0.15) is 42.5 Å². The molecule has 0 radical (unpaired) electrons. The summed E-state index contributed by atoms with van der Waals surface area (Å²) in [7, 11) is 0. The molecule has 0 saturated heterocycles. The van der Waals surface area contributed by atoms with E-state index in [4.69, 9.17) is 9.84 Å². The first-order valence-corrected chi connectivity index (χ1v) is 6.90. The molecule has 0 heterocycles. The molecule has 4 nitrogen and oxygen atoms in total. The van der Waals surface area contributed by atoms with E-state index in [1.165, 1.54) is 25.0 Å². The summed E-state index contributed by atoms with van der Waals surface area (Å²) in [6.45, 7) is 0.0276. The molecule has 0 amide bonds. The normalized spacial score (nSPS) is 17.1. The number of hydrogen-bond acceptors (Lipinski definition) is 3. The molecule has 1 unspecified atom stereocenters. The van der Waals surface area contributed by atoms with Crippen LogP contribution in [0.4, 0.5) is 4.39 Å². The van der Waals surface area contributed by atoms with Crippen LogP contribution in [0.5, 0.6) is 5.75 Å². The van der Waals surface area contributed by atoms with Crippen LogP contribution in [-0.4, -0.2) is 28.9 Å². The number of carbonyl (C=O) groups is 1. The van der Waals surface area contributed by atoms with Crippen LogP contribution in [0.3, 0.4) is 0 Å². The number of ether oxygens (including phenoxy) is 1. The molecule has 20 heavy (non-hydrogen) atoms. The number of halogens is 1. The third kappa shape index (κ3) is 3.93. The predicted molar refractivity (Wildman–Crippen MR) is 71.4 cm³/mol. The van der Waals surface area contributed by atoms with Gasteiger partial charge in [0.1, 0.15) is 6.61 Å². The molecule has 110 valence electrons. The third-order valence-corrected chi connectivity index (χ3v) is 3.69. The average Bonchev–Trinajstić information content (AvgIpc) is 2.90. The minimum Gasteiger partial charge on any atom is -0.488 e. The molecule has 0 bridgehead atoms. The first kappa shape index (κ1) is 14.8. The van der Waals surface area contributed by atoms with Crippen molar-refractivity contribution in [3.05, 3.63) is 29.6 Å². The highest BCUT2D eigenvalue weighted by Gasteiger charge is 2.19. The van der Waals surface area contributed by atoms with E-state index >= 15 is 0 Å². The van der Waals surface area contributed by atoms with E-state index in [0.717, 1.165) is 18.9 Å². The van der Waals surface area contributed by atoms with Crippen LogP contribution in [0, 0.1) is 11.7 Å². The summed E-state index contributed by atoms with van der Waals surface area (Å²) in [5.41, 5.74) is -0.124. The zero-order chi connectivity index (χ0) is 14.5. The maximum atomic E-state index is 13.6. The molecular formula is C15H19FO4. The Labute approximate surface area is 117 Å². The number of carboxylic acid groups (broad SMARTS) is 1. The van der Waals surface area contributed by atoms with E-state index in [0.29, 0.717) is 12.3 Å². The standard InChI is InChI=1S/C15H19FO4/c16-13-8-11(15(18)19)5-6-14(13)20-9-12(17)7-10-3-1-2-4-10/h5-6,8,10,12,17H,1-4,7,9H2,(H,18,19). The van der Waals surface area contributed by atoms with Crippen LogP contribution < -0.4 is 4.74 Å². The van der Waals surface area contributed by atoms with Crippen molar-refractivity contribution in [3.8, 4) is 5.75 Å². The first-order chi connectivity index (χ1) is 9.56. The van der Waals surface area contributed by atoms with E-state index in [2.05, 4.69) is 0 Å². The highest BCUT2D eigenvalue weighted by atomic mass is 19.1. The van der Waals surface area contributed by atoms with Gasteiger partial charge >= 0.3 is 5.97 Å². The van der Waals surface area contributed by atoms with Gasteiger partial charge < -0.3 is 14.9 Å². The molecule has 1 aromatic carbocycles. The van der Waals surface area contributed by atoms with Gasteiger partial charge in [0.2, 0.25) is 0 Å². The number of rotatable bonds is 6. The molecule has 0 aliphatic heterocycles. The summed E-state index contributed by atoms with van der Waals surface area (Å²) in [5.74, 6) is -1.40. The summed E-state index contributed by atoms with van der Waals surface area (Å²) < 4.78 is 18.8. The molecule has 1 aliphatic carbocycles. The lowest BCUT2D eigenvalue weighted by Gasteiger charge is -2.16. The van der Waals surface area contributed by atoms with Crippen LogP contribution >= 0.6 is 0 Å². The van der Waals surface area contributed by atoms with Crippen molar-refractivity contribution in [2.24, 2.45) is 5.92 Å². The largest absolute Gasteiger partial charge is 0.488 e. The topological polar surface area (TPSA) is 66.8 Å². The van der Waals surface area contributed by atoms with Gasteiger partial charge in [0.25, 0.3) is 0 Å². The lowest BCUT2D eigenvalue weighted by atomic mass is 10.0. The van der Waals surface area contributed by atoms with Crippen molar-refractivity contribution in [2.45, 2.75) is 38.2 Å². The minimum absolute atomic E-state index is 0.0273. The quantitative estimate of drug-likeness (QED) is 0.842. The van der Waals surface area contributed by atoms with Crippen molar-refractivity contribution < 1.29 is 24.1 Å². The van der Waals surface area contributed by atoms with Crippen molar-refractivity contribution in [2.75, 3.05) is 6.61 Å². The number of aromatic carboxylic acids is 1. The van der Waals surface area contributed by atoms with E-state index < -0.39 is 17.9 Å². The number of hydrogen-bond donors (Lipinski definition) is 2. The van der Waals surface area contributed by atoms with E-state index in [1.807, 2.05) is 0 Å². The van der Waals surface area contributed by atoms with Gasteiger partial charge in [-0.1, -0.05) is 25.7 Å². The second-order valence-corrected chi connectivity index (χ2v) is 5.30. The van der Waals surface area contributed by atoms with Gasteiger partial charge in [0.15, 0.2) is 11.6 Å². The Balaban J connectivity index is 1.85. The van der Waals surface area contributed by atoms with Gasteiger partial charge in [-0.05, 0) is 30.5 Å². The average molecular weight is 282 g/mol. The fraction of sp³-hybridized carbons (Fsp3) is 0.533. The van der Waals surface area contributed by atoms with Gasteiger partial charge in [-0.25, -0.2) is 9.18 Å². The van der Waals surface area contributed by atoms with Gasteiger partial charge in [0.05, 0.1) is 11.7 Å². The van der Waals surface area contributed by atoms with Crippen LogP contribution in [0.2, 0.25) is 0 Å². The summed E-state index contributed by atoms with van der Waals surface area (Å²) in [6, 6.07) is 3.48. The van der Waals surface area contributed by atoms with Gasteiger partial charge in [-0.2, -0.15) is 0 Å². The molecule has 2 rings (SSSR count). The third-order valence-electron chi connectivity index (χ3n) is 3.69. The predicted octanol–water partition coefficient (Wildman–Crippen LogP) is 2.84. The molecule has 1 saturated carbocycles. The lowest BCUT2D eigenvalue weighted by molar-refractivity contribution is 0.0694. The van der Waals surface area contributed by atoms with Crippen LogP contribution in [-0.2, 0) is 0 Å². The molecule has 1 aliphatic rings. The Kier molecular flexibility index (Phi) is 4.95. The summed E-state index contributed by atoms with van der Waals surface area (Å²) in [4.78, 5) is 10.7. The van der Waals surface area contributed by atoms with Crippen LogP contribution in [0.25, 0.3) is 0 Å². The van der Waals surface area contributed by atoms with E-state index in [9.17, 15) is 14.3 Å². The Morgan fingerprint density at radius 1 is 1.40 bits per heavy atom. The monoisotopic (exact) mass is 282 g/mol. The van der Waals surface area contributed by atoms with Crippen molar-refractivity contribution in [1.29, 1.82) is 0 Å². The Morgan fingerprint density at radius 2 is 2.10 bits per heavy atom. The highest BCUT2D eigenvalue weighted by molar-refractivity contribution is 5.87. The zero-order valence-electron chi connectivity index (χ0n) is 11.2. The molecule has 5 heteroatoms. The van der Waals surface area contributed by atoms with E-state index in [1.54, 1.807) is 0 Å². The smallest absolute Gasteiger partial charge is 0.335 e. The first-order valence-electron chi connectivity index (χ1n) is 6.90. The second kappa shape index (κ2) is 6.70. The molecule has 0 aromatic heterocycles. The van der Waals surface area contributed by atoms with Crippen molar-refractivity contribution >= 4 is 5.97 Å². The Morgan fingerprint density at radius 3 is 2.70 bits per heavy atom. The molecule has 1 aromatic rings. The van der Waals surface area contributed by atoms with Gasteiger partial charge in [-0.15, -0.1) is 0 Å². The Hall–Kier alpha value is -1.62. The summed E-state index contributed by atoms with van der Waals surface area (Å²) in [6.07, 6.45) is 4.76. The second-order valence-electron chi connectivity index (χ2n) is 5.30. The fourth-order valence-electron chi connectivity index (χ4n) is 2.64. The maximum Gasteiger partial charge on any atom is 0.335 e. The van der Waals surface area contributed by atoms with Crippen molar-refractivity contribution in [3.63, 3.8) is 0 Å². The molecular weight excluding hydrogens is 263 g/mol. The summed E-state index contributed by atoms with van der Waals surface area (Å²) >= 11 is 0. The zero-order valence-corrected chi connectivity index (χ0v) is 11.2. The van der Waals surface area contributed by atoms with Crippen molar-refractivity contribution in [1.82, 2.24) is 0 Å². The minimum atomic E-state index is -1.18. The van der Waals surface area contributed by atoms with Gasteiger partial charge in [0, 0.05) is 0 Å². The SMILES string of the molecule is O=C(O)c1ccc(OCC(O)CC2CCCC2)c(F)c1. The maximum absolute atomic E-state index is 13.6. The Bertz CT molecular complexity index is 469. The van der Waals surface area contributed by atoms with Crippen LogP contribution in [0.15, 0.2) is 18.2 Å². The number of benzene rings is 1. The summed E-state index contributed by atoms with van der Waals surface area (Å²) in [5, 5.41) is 18.6. The van der Waals surface area contributed by atoms with E-state index in [-0.39, 0.29) is 17.9 Å². The van der Waals surface area contributed by atoms with Gasteiger partial charge in [-0.3, -0.25) is 0 Å². The molecule has 0 spiro atoms. The molecule has 2 N–H and O–H groups in total. The number of aliphatic hydroxyl groups is 1. The fourth-order valence-corrected chi connectivity index (χ4v) is 2.64. The molecule has 1 fully saturated rings. The number of carboxylic acids is 1. The lowest BCUT2D eigenvalue weighted by Crippen LogP contribution is -2.20. The highest BCUT2D eigenvalue weighted by Crippen LogP contribution is 2.28. The number of aliphatic hydroxyl groups excluding tert-OH is 1. The molecule has 1 atom stereocenters.